The van der Waals surface area contributed by atoms with Gasteiger partial charge >= 0.3 is 0 Å². The molecule has 0 bridgehead atoms. The van der Waals surface area contributed by atoms with Crippen molar-refractivity contribution in [3.63, 3.8) is 0 Å². The standard InChI is InChI=1S/C28H26N2O4S/c1-33-23-15-13-20(14-16-23)18-25-27(32)30(22-10-6-11-24(19-22)34-2)28(29-25)35-17-7-12-26(31)21-8-4-3-5-9-21/h3-6,8-11,13-16,18-19H,7,12,17H2,1-2H3. The van der Waals surface area contributed by atoms with E-state index in [1.54, 1.807) is 25.2 Å². The third-order valence-electron chi connectivity index (χ3n) is 5.44. The molecule has 0 N–H and O–H groups in total. The summed E-state index contributed by atoms with van der Waals surface area (Å²) < 4.78 is 10.6. The summed E-state index contributed by atoms with van der Waals surface area (Å²) in [6.45, 7) is 0. The zero-order valence-corrected chi connectivity index (χ0v) is 20.5. The maximum Gasteiger partial charge on any atom is 0.283 e. The van der Waals surface area contributed by atoms with Gasteiger partial charge < -0.3 is 9.47 Å². The number of ether oxygens (including phenoxy) is 2. The summed E-state index contributed by atoms with van der Waals surface area (Å²) in [5.41, 5.74) is 2.59. The number of amides is 1. The number of methoxy groups -OCH3 is 2. The molecule has 6 nitrogen and oxygen atoms in total. The van der Waals surface area contributed by atoms with Crippen LogP contribution in [0.1, 0.15) is 28.8 Å². The summed E-state index contributed by atoms with van der Waals surface area (Å²) in [5.74, 6) is 1.95. The smallest absolute Gasteiger partial charge is 0.283 e. The lowest BCUT2D eigenvalue weighted by Gasteiger charge is -2.18. The van der Waals surface area contributed by atoms with Crippen LogP contribution < -0.4 is 14.4 Å². The molecular weight excluding hydrogens is 460 g/mol. The Morgan fingerprint density at radius 1 is 0.943 bits per heavy atom. The highest BCUT2D eigenvalue weighted by Crippen LogP contribution is 2.32. The van der Waals surface area contributed by atoms with Crippen molar-refractivity contribution < 1.29 is 19.1 Å². The molecule has 0 saturated heterocycles. The largest absolute Gasteiger partial charge is 0.497 e. The molecule has 4 rings (SSSR count). The molecule has 0 unspecified atom stereocenters. The van der Waals surface area contributed by atoms with Crippen LogP contribution in [0.4, 0.5) is 5.69 Å². The van der Waals surface area contributed by atoms with E-state index in [2.05, 4.69) is 4.99 Å². The Bertz CT molecular complexity index is 1250. The second-order valence-corrected chi connectivity index (χ2v) is 8.84. The number of amidine groups is 1. The Morgan fingerprint density at radius 2 is 1.69 bits per heavy atom. The molecule has 3 aromatic rings. The first kappa shape index (κ1) is 24.3. The molecule has 0 atom stereocenters. The van der Waals surface area contributed by atoms with E-state index in [4.69, 9.17) is 9.47 Å². The van der Waals surface area contributed by atoms with Gasteiger partial charge in [-0.25, -0.2) is 4.99 Å². The van der Waals surface area contributed by atoms with Crippen LogP contribution in [0, 0.1) is 0 Å². The molecule has 3 aromatic carbocycles. The lowest BCUT2D eigenvalue weighted by molar-refractivity contribution is -0.113. The molecule has 178 valence electrons. The van der Waals surface area contributed by atoms with Crippen LogP contribution in [0.2, 0.25) is 0 Å². The number of ketones is 1. The second-order valence-electron chi connectivity index (χ2n) is 7.78. The lowest BCUT2D eigenvalue weighted by atomic mass is 10.1. The van der Waals surface area contributed by atoms with Crippen molar-refractivity contribution in [3.05, 3.63) is 95.7 Å². The van der Waals surface area contributed by atoms with Gasteiger partial charge in [-0.3, -0.25) is 14.5 Å². The molecule has 35 heavy (non-hydrogen) atoms. The van der Waals surface area contributed by atoms with Crippen molar-refractivity contribution in [3.8, 4) is 11.5 Å². The van der Waals surface area contributed by atoms with E-state index in [9.17, 15) is 9.59 Å². The monoisotopic (exact) mass is 486 g/mol. The van der Waals surface area contributed by atoms with Crippen LogP contribution in [0.15, 0.2) is 89.6 Å². The van der Waals surface area contributed by atoms with Crippen molar-refractivity contribution in [1.82, 2.24) is 0 Å². The maximum absolute atomic E-state index is 13.4. The minimum Gasteiger partial charge on any atom is -0.497 e. The number of carbonyl (C=O) groups excluding carboxylic acids is 2. The normalized spacial score (nSPS) is 14.2. The van der Waals surface area contributed by atoms with Crippen molar-refractivity contribution in [2.45, 2.75) is 12.8 Å². The van der Waals surface area contributed by atoms with E-state index in [1.807, 2.05) is 78.9 Å². The topological polar surface area (TPSA) is 68.2 Å². The molecule has 0 saturated carbocycles. The van der Waals surface area contributed by atoms with Crippen molar-refractivity contribution in [2.24, 2.45) is 4.99 Å². The van der Waals surface area contributed by atoms with Gasteiger partial charge in [0.2, 0.25) is 0 Å². The summed E-state index contributed by atoms with van der Waals surface area (Å²) in [7, 11) is 3.20. The molecule has 1 amide bonds. The first-order valence-electron chi connectivity index (χ1n) is 11.2. The van der Waals surface area contributed by atoms with Gasteiger partial charge in [-0.05, 0) is 42.3 Å². The minimum absolute atomic E-state index is 0.111. The molecule has 0 fully saturated rings. The minimum atomic E-state index is -0.211. The van der Waals surface area contributed by atoms with Crippen LogP contribution >= 0.6 is 11.8 Å². The average Bonchev–Trinajstić information content (AvgIpc) is 3.21. The van der Waals surface area contributed by atoms with Crippen molar-refractivity contribution in [2.75, 3.05) is 24.9 Å². The number of aliphatic imine (C=N–C) groups is 1. The Labute approximate surface area is 209 Å². The molecule has 0 aromatic heterocycles. The highest BCUT2D eigenvalue weighted by molar-refractivity contribution is 8.14. The highest BCUT2D eigenvalue weighted by Gasteiger charge is 2.32. The molecule has 1 aliphatic heterocycles. The van der Waals surface area contributed by atoms with E-state index in [1.165, 1.54) is 11.8 Å². The summed E-state index contributed by atoms with van der Waals surface area (Å²) >= 11 is 1.46. The molecular formula is C28H26N2O4S. The van der Waals surface area contributed by atoms with Crippen molar-refractivity contribution in [1.29, 1.82) is 0 Å². The predicted molar refractivity (Wildman–Crippen MR) is 141 cm³/mol. The first-order chi connectivity index (χ1) is 17.1. The molecule has 0 spiro atoms. The number of thioether (sulfide) groups is 1. The number of benzene rings is 3. The summed E-state index contributed by atoms with van der Waals surface area (Å²) in [5, 5.41) is 0.579. The van der Waals surface area contributed by atoms with Crippen LogP contribution in [0.5, 0.6) is 11.5 Å². The Balaban J connectivity index is 1.52. The third-order valence-corrected chi connectivity index (χ3v) is 6.46. The Kier molecular flexibility index (Phi) is 8.00. The first-order valence-corrected chi connectivity index (χ1v) is 12.2. The quantitative estimate of drug-likeness (QED) is 0.216. The number of hydrogen-bond acceptors (Lipinski definition) is 6. The summed E-state index contributed by atoms with van der Waals surface area (Å²) in [6.07, 6.45) is 2.88. The molecule has 0 aliphatic carbocycles. The predicted octanol–water partition coefficient (Wildman–Crippen LogP) is 5.84. The number of nitrogens with zero attached hydrogens (tertiary/aromatic N) is 2. The van der Waals surface area contributed by atoms with Gasteiger partial charge in [0.05, 0.1) is 19.9 Å². The van der Waals surface area contributed by atoms with Crippen molar-refractivity contribution >= 4 is 40.4 Å². The highest BCUT2D eigenvalue weighted by atomic mass is 32.2. The average molecular weight is 487 g/mol. The van der Waals surface area contributed by atoms with E-state index in [0.717, 1.165) is 11.3 Å². The van der Waals surface area contributed by atoms with Gasteiger partial charge in [-0.2, -0.15) is 0 Å². The zero-order chi connectivity index (χ0) is 24.6. The van der Waals surface area contributed by atoms with E-state index in [0.29, 0.717) is 46.5 Å². The van der Waals surface area contributed by atoms with E-state index >= 15 is 0 Å². The third kappa shape index (κ3) is 6.00. The fraction of sp³-hybridized carbons (Fsp3) is 0.179. The van der Waals surface area contributed by atoms with Crippen LogP contribution in [-0.2, 0) is 4.79 Å². The number of hydrogen-bond donors (Lipinski definition) is 0. The van der Waals surface area contributed by atoms with Gasteiger partial charge in [0.15, 0.2) is 11.0 Å². The fourth-order valence-corrected chi connectivity index (χ4v) is 4.54. The molecule has 7 heteroatoms. The van der Waals surface area contributed by atoms with Gasteiger partial charge in [0, 0.05) is 23.8 Å². The number of carbonyl (C=O) groups is 2. The maximum atomic E-state index is 13.4. The molecule has 1 aliphatic rings. The zero-order valence-electron chi connectivity index (χ0n) is 19.6. The Hall–Kier alpha value is -3.84. The van der Waals surface area contributed by atoms with Gasteiger partial charge in [0.25, 0.3) is 5.91 Å². The number of anilines is 1. The van der Waals surface area contributed by atoms with E-state index in [-0.39, 0.29) is 11.7 Å². The fourth-order valence-electron chi connectivity index (χ4n) is 3.59. The van der Waals surface area contributed by atoms with Gasteiger partial charge in [0.1, 0.15) is 17.2 Å². The van der Waals surface area contributed by atoms with Crippen LogP contribution in [0.3, 0.4) is 0 Å². The Morgan fingerprint density at radius 3 is 2.40 bits per heavy atom. The second kappa shape index (κ2) is 11.5. The summed E-state index contributed by atoms with van der Waals surface area (Å²) in [6, 6.07) is 24.1. The van der Waals surface area contributed by atoms with Crippen LogP contribution in [0.25, 0.3) is 6.08 Å². The molecule has 0 radical (unpaired) electrons. The lowest BCUT2D eigenvalue weighted by Crippen LogP contribution is -2.30. The van der Waals surface area contributed by atoms with E-state index < -0.39 is 0 Å². The number of rotatable bonds is 9. The number of Topliss-reactive ketones (excluding diaryl/α,β-unsaturated/α-hetero) is 1. The SMILES string of the molecule is COc1ccc(C=C2N=C(SCCCC(=O)c3ccccc3)N(c3cccc(OC)c3)C2=O)cc1. The molecule has 1 heterocycles. The van der Waals surface area contributed by atoms with Crippen LogP contribution in [-0.4, -0.2) is 36.8 Å². The van der Waals surface area contributed by atoms with Gasteiger partial charge in [-0.1, -0.05) is 60.3 Å². The van der Waals surface area contributed by atoms with Gasteiger partial charge in [-0.15, -0.1) is 0 Å². The summed E-state index contributed by atoms with van der Waals surface area (Å²) in [4.78, 5) is 32.0.